The van der Waals surface area contributed by atoms with Gasteiger partial charge in [-0.1, -0.05) is 11.6 Å². The van der Waals surface area contributed by atoms with Crippen molar-refractivity contribution in [2.24, 2.45) is 0 Å². The van der Waals surface area contributed by atoms with Crippen molar-refractivity contribution in [2.45, 2.75) is 13.8 Å². The minimum Gasteiger partial charge on any atom is -0.496 e. The lowest BCUT2D eigenvalue weighted by molar-refractivity contribution is 0.416. The summed E-state index contributed by atoms with van der Waals surface area (Å²) in [6.45, 7) is 4.21. The Kier molecular flexibility index (Phi) is 2.59. The summed E-state index contributed by atoms with van der Waals surface area (Å²) in [6.07, 6.45) is 3.83. The van der Waals surface area contributed by atoms with E-state index >= 15 is 0 Å². The van der Waals surface area contributed by atoms with Gasteiger partial charge in [-0.05, 0) is 26.0 Å². The molecule has 0 spiro atoms. The number of imidazole rings is 1. The van der Waals surface area contributed by atoms with Crippen molar-refractivity contribution in [3.8, 4) is 17.0 Å². The molecule has 2 heterocycles. The van der Waals surface area contributed by atoms with Crippen molar-refractivity contribution in [1.82, 2.24) is 9.38 Å². The maximum atomic E-state index is 5.48. The number of hydrogen-bond acceptors (Lipinski definition) is 3. The molecule has 0 bridgehead atoms. The molecule has 0 saturated carbocycles. The number of methoxy groups -OCH3 is 1. The second-order valence-corrected chi connectivity index (χ2v) is 5.47. The van der Waals surface area contributed by atoms with Crippen LogP contribution < -0.4 is 4.74 Å². The van der Waals surface area contributed by atoms with Crippen LogP contribution in [-0.2, 0) is 0 Å². The van der Waals surface area contributed by atoms with E-state index in [-0.39, 0.29) is 0 Å². The first kappa shape index (κ1) is 11.3. The van der Waals surface area contributed by atoms with Crippen LogP contribution in [0, 0.1) is 13.8 Å². The molecule has 0 radical (unpaired) electrons. The summed E-state index contributed by atoms with van der Waals surface area (Å²) in [5.41, 5.74) is 3.52. The van der Waals surface area contributed by atoms with E-state index in [1.165, 1.54) is 16.1 Å². The van der Waals surface area contributed by atoms with Crippen molar-refractivity contribution in [3.05, 3.63) is 41.0 Å². The number of nitrogens with zero attached hydrogens (tertiary/aromatic N) is 2. The van der Waals surface area contributed by atoms with E-state index in [4.69, 9.17) is 4.74 Å². The molecule has 0 unspecified atom stereocenters. The predicted octanol–water partition coefficient (Wildman–Crippen LogP) is 3.69. The van der Waals surface area contributed by atoms with Gasteiger partial charge in [-0.2, -0.15) is 0 Å². The highest BCUT2D eigenvalue weighted by atomic mass is 32.1. The standard InChI is InChI=1S/C14H14N2OS/c1-9-4-5-12(17-3)11(8-9)13-10(2)18-14-15-6-7-16(13)14/h4-8H,1-3H3. The lowest BCUT2D eigenvalue weighted by atomic mass is 10.1. The fourth-order valence-electron chi connectivity index (χ4n) is 2.22. The van der Waals surface area contributed by atoms with Crippen LogP contribution in [0.4, 0.5) is 0 Å². The maximum absolute atomic E-state index is 5.48. The Morgan fingerprint density at radius 3 is 2.89 bits per heavy atom. The fourth-order valence-corrected chi connectivity index (χ4v) is 3.16. The molecule has 3 rings (SSSR count). The molecule has 92 valence electrons. The maximum Gasteiger partial charge on any atom is 0.194 e. The van der Waals surface area contributed by atoms with Gasteiger partial charge in [-0.15, -0.1) is 11.3 Å². The molecular weight excluding hydrogens is 244 g/mol. The normalized spacial score (nSPS) is 11.1. The molecule has 3 nitrogen and oxygen atoms in total. The Balaban J connectivity index is 2.34. The first-order valence-electron chi connectivity index (χ1n) is 5.78. The molecule has 0 fully saturated rings. The Bertz CT molecular complexity index is 712. The minimum atomic E-state index is 0.900. The van der Waals surface area contributed by atoms with E-state index in [0.717, 1.165) is 16.3 Å². The van der Waals surface area contributed by atoms with Crippen LogP contribution >= 0.6 is 11.3 Å². The fraction of sp³-hybridized carbons (Fsp3) is 0.214. The second kappa shape index (κ2) is 4.14. The SMILES string of the molecule is COc1ccc(C)cc1-c1c(C)sc2nccn12. The van der Waals surface area contributed by atoms with Crippen molar-refractivity contribution >= 4 is 16.3 Å². The van der Waals surface area contributed by atoms with Crippen molar-refractivity contribution in [1.29, 1.82) is 0 Å². The number of rotatable bonds is 2. The molecule has 0 amide bonds. The van der Waals surface area contributed by atoms with Gasteiger partial charge in [-0.25, -0.2) is 4.98 Å². The molecule has 0 aliphatic rings. The summed E-state index contributed by atoms with van der Waals surface area (Å²) in [5, 5.41) is 0. The summed E-state index contributed by atoms with van der Waals surface area (Å²) in [7, 11) is 1.71. The first-order chi connectivity index (χ1) is 8.70. The lowest BCUT2D eigenvalue weighted by Gasteiger charge is -2.09. The molecule has 3 aromatic rings. The topological polar surface area (TPSA) is 26.5 Å². The van der Waals surface area contributed by atoms with Crippen LogP contribution in [0.15, 0.2) is 30.6 Å². The quantitative estimate of drug-likeness (QED) is 0.701. The number of benzene rings is 1. The number of hydrogen-bond donors (Lipinski definition) is 0. The largest absolute Gasteiger partial charge is 0.496 e. The highest BCUT2D eigenvalue weighted by Crippen LogP contribution is 2.36. The summed E-state index contributed by atoms with van der Waals surface area (Å²) < 4.78 is 7.60. The predicted molar refractivity (Wildman–Crippen MR) is 74.5 cm³/mol. The van der Waals surface area contributed by atoms with E-state index in [1.807, 2.05) is 18.5 Å². The molecule has 0 atom stereocenters. The minimum absolute atomic E-state index is 0.900. The molecule has 18 heavy (non-hydrogen) atoms. The zero-order valence-electron chi connectivity index (χ0n) is 10.6. The van der Waals surface area contributed by atoms with Gasteiger partial charge in [0.2, 0.25) is 0 Å². The molecule has 0 aliphatic heterocycles. The molecular formula is C14H14N2OS. The van der Waals surface area contributed by atoms with Gasteiger partial charge in [0.25, 0.3) is 0 Å². The third kappa shape index (κ3) is 1.61. The van der Waals surface area contributed by atoms with Gasteiger partial charge >= 0.3 is 0 Å². The van der Waals surface area contributed by atoms with Crippen LogP contribution in [0.25, 0.3) is 16.2 Å². The summed E-state index contributed by atoms with van der Waals surface area (Å²) >= 11 is 1.70. The van der Waals surface area contributed by atoms with Crippen molar-refractivity contribution in [3.63, 3.8) is 0 Å². The summed E-state index contributed by atoms with van der Waals surface area (Å²) in [4.78, 5) is 6.62. The third-order valence-corrected chi connectivity index (χ3v) is 4.02. The zero-order valence-corrected chi connectivity index (χ0v) is 11.4. The average Bonchev–Trinajstić information content (AvgIpc) is 2.88. The van der Waals surface area contributed by atoms with Crippen LogP contribution in [0.1, 0.15) is 10.4 Å². The number of ether oxygens (including phenoxy) is 1. The lowest BCUT2D eigenvalue weighted by Crippen LogP contribution is -1.92. The number of aryl methyl sites for hydroxylation is 2. The van der Waals surface area contributed by atoms with Crippen LogP contribution in [0.5, 0.6) is 5.75 Å². The number of aromatic nitrogens is 2. The van der Waals surface area contributed by atoms with Crippen LogP contribution in [0.2, 0.25) is 0 Å². The second-order valence-electron chi connectivity index (χ2n) is 4.29. The number of thiazole rings is 1. The summed E-state index contributed by atoms with van der Waals surface area (Å²) in [6, 6.07) is 6.24. The molecule has 2 aromatic heterocycles. The van der Waals surface area contributed by atoms with Gasteiger partial charge in [0.05, 0.1) is 12.8 Å². The van der Waals surface area contributed by atoms with Gasteiger partial charge in [0.15, 0.2) is 4.96 Å². The summed E-state index contributed by atoms with van der Waals surface area (Å²) in [5.74, 6) is 0.900. The smallest absolute Gasteiger partial charge is 0.194 e. The van der Waals surface area contributed by atoms with Crippen LogP contribution in [0.3, 0.4) is 0 Å². The first-order valence-corrected chi connectivity index (χ1v) is 6.60. The van der Waals surface area contributed by atoms with E-state index in [0.29, 0.717) is 0 Å². The van der Waals surface area contributed by atoms with Gasteiger partial charge in [0.1, 0.15) is 5.75 Å². The Morgan fingerprint density at radius 1 is 1.28 bits per heavy atom. The van der Waals surface area contributed by atoms with E-state index in [2.05, 4.69) is 35.4 Å². The molecule has 1 aromatic carbocycles. The van der Waals surface area contributed by atoms with Crippen LogP contribution in [-0.4, -0.2) is 16.5 Å². The Labute approximate surface area is 110 Å². The molecule has 0 aliphatic carbocycles. The van der Waals surface area contributed by atoms with Crippen molar-refractivity contribution < 1.29 is 4.74 Å². The van der Waals surface area contributed by atoms with Crippen molar-refractivity contribution in [2.75, 3.05) is 7.11 Å². The zero-order chi connectivity index (χ0) is 12.7. The molecule has 4 heteroatoms. The Morgan fingerprint density at radius 2 is 2.11 bits per heavy atom. The monoisotopic (exact) mass is 258 g/mol. The molecule has 0 saturated heterocycles. The third-order valence-electron chi connectivity index (χ3n) is 3.04. The number of fused-ring (bicyclic) bond motifs is 1. The van der Waals surface area contributed by atoms with Gasteiger partial charge in [0, 0.05) is 22.8 Å². The van der Waals surface area contributed by atoms with Gasteiger partial charge in [-0.3, -0.25) is 4.40 Å². The highest BCUT2D eigenvalue weighted by Gasteiger charge is 2.15. The van der Waals surface area contributed by atoms with E-state index in [1.54, 1.807) is 18.4 Å². The van der Waals surface area contributed by atoms with E-state index < -0.39 is 0 Å². The van der Waals surface area contributed by atoms with E-state index in [9.17, 15) is 0 Å². The highest BCUT2D eigenvalue weighted by molar-refractivity contribution is 7.17. The molecule has 0 N–H and O–H groups in total. The van der Waals surface area contributed by atoms with Gasteiger partial charge < -0.3 is 4.74 Å². The average molecular weight is 258 g/mol. The Hall–Kier alpha value is -1.81.